The molecule has 0 aliphatic rings. The van der Waals surface area contributed by atoms with E-state index in [1.807, 2.05) is 28.7 Å². The number of hydrogen-bond acceptors (Lipinski definition) is 3. The molecule has 0 radical (unpaired) electrons. The molecule has 2 aromatic rings. The minimum Gasteiger partial charge on any atom is -0.383 e. The predicted molar refractivity (Wildman–Crippen MR) is 75.8 cm³/mol. The fourth-order valence-electron chi connectivity index (χ4n) is 1.61. The number of aromatic nitrogens is 4. The van der Waals surface area contributed by atoms with Gasteiger partial charge in [0, 0.05) is 17.8 Å². The second-order valence-electron chi connectivity index (χ2n) is 4.36. The van der Waals surface area contributed by atoms with Crippen LogP contribution < -0.4 is 5.73 Å². The summed E-state index contributed by atoms with van der Waals surface area (Å²) >= 11 is 2.22. The molecule has 5 nitrogen and oxygen atoms in total. The molecule has 92 valence electrons. The Bertz CT molecular complexity index is 526. The number of hydrogen-bond donors (Lipinski definition) is 1. The molecule has 0 saturated heterocycles. The minimum atomic E-state index is 0.376. The van der Waals surface area contributed by atoms with Gasteiger partial charge in [0.2, 0.25) is 0 Å². The maximum absolute atomic E-state index is 5.98. The van der Waals surface area contributed by atoms with Gasteiger partial charge in [-0.25, -0.2) is 4.68 Å². The molecule has 0 bridgehead atoms. The van der Waals surface area contributed by atoms with Gasteiger partial charge in [0.05, 0.1) is 22.0 Å². The van der Waals surface area contributed by atoms with Crippen molar-refractivity contribution in [2.75, 3.05) is 5.73 Å². The number of nitrogen functional groups attached to an aromatic ring is 1. The summed E-state index contributed by atoms with van der Waals surface area (Å²) in [5, 5.41) is 8.71. The molecule has 2 aromatic heterocycles. The van der Waals surface area contributed by atoms with Crippen molar-refractivity contribution in [3.63, 3.8) is 0 Å². The van der Waals surface area contributed by atoms with Crippen molar-refractivity contribution in [1.82, 2.24) is 19.6 Å². The highest BCUT2D eigenvalue weighted by Crippen LogP contribution is 2.19. The second kappa shape index (κ2) is 4.67. The number of aryl methyl sites for hydroxylation is 1. The molecule has 17 heavy (non-hydrogen) atoms. The van der Waals surface area contributed by atoms with Crippen LogP contribution in [0.5, 0.6) is 0 Å². The maximum Gasteiger partial charge on any atom is 0.135 e. The Labute approximate surface area is 114 Å². The Balaban J connectivity index is 2.22. The predicted octanol–water partition coefficient (Wildman–Crippen LogP) is 2.20. The zero-order chi connectivity index (χ0) is 12.6. The molecule has 0 spiro atoms. The molecule has 2 rings (SSSR count). The quantitative estimate of drug-likeness (QED) is 0.868. The summed E-state index contributed by atoms with van der Waals surface area (Å²) in [6.07, 6.45) is 3.90. The first kappa shape index (κ1) is 12.4. The third-order valence-corrected chi connectivity index (χ3v) is 3.94. The van der Waals surface area contributed by atoms with Gasteiger partial charge >= 0.3 is 0 Å². The molecule has 2 heterocycles. The summed E-state index contributed by atoms with van der Waals surface area (Å²) in [6.45, 7) is 6.84. The highest BCUT2D eigenvalue weighted by Gasteiger charge is 2.10. The molecule has 0 aromatic carbocycles. The van der Waals surface area contributed by atoms with E-state index in [-0.39, 0.29) is 0 Å². The van der Waals surface area contributed by atoms with Gasteiger partial charge in [-0.2, -0.15) is 10.2 Å². The van der Waals surface area contributed by atoms with Crippen LogP contribution in [0.25, 0.3) is 0 Å². The normalized spacial score (nSPS) is 11.4. The summed E-state index contributed by atoms with van der Waals surface area (Å²) in [5.41, 5.74) is 8.07. The summed E-state index contributed by atoms with van der Waals surface area (Å²) in [4.78, 5) is 0. The van der Waals surface area contributed by atoms with Crippen LogP contribution in [0.4, 0.5) is 5.82 Å². The van der Waals surface area contributed by atoms with Crippen LogP contribution in [0, 0.1) is 10.5 Å². The van der Waals surface area contributed by atoms with E-state index in [9.17, 15) is 0 Å². The molecule has 0 fully saturated rings. The highest BCUT2D eigenvalue weighted by atomic mass is 127. The van der Waals surface area contributed by atoms with Gasteiger partial charge in [-0.15, -0.1) is 0 Å². The molecule has 0 aliphatic heterocycles. The van der Waals surface area contributed by atoms with Crippen molar-refractivity contribution < 1.29 is 0 Å². The average Bonchev–Trinajstić information content (AvgIpc) is 2.82. The first-order valence-electron chi connectivity index (χ1n) is 5.50. The number of rotatable bonds is 3. The van der Waals surface area contributed by atoms with E-state index >= 15 is 0 Å². The Morgan fingerprint density at radius 2 is 2.18 bits per heavy atom. The first-order chi connectivity index (χ1) is 7.99. The Hall–Kier alpha value is -1.05. The zero-order valence-electron chi connectivity index (χ0n) is 10.2. The third kappa shape index (κ3) is 2.46. The molecule has 0 amide bonds. The van der Waals surface area contributed by atoms with Gasteiger partial charge in [0.25, 0.3) is 0 Å². The monoisotopic (exact) mass is 345 g/mol. The van der Waals surface area contributed by atoms with E-state index in [1.54, 1.807) is 0 Å². The molecular weight excluding hydrogens is 329 g/mol. The second-order valence-corrected chi connectivity index (χ2v) is 5.44. The standard InChI is InChI=1S/C11H16IN5/c1-7(2)16-5-9(4-14-16)6-17-11(13)10(12)8(3)15-17/h4-5,7H,6,13H2,1-3H3. The van der Waals surface area contributed by atoms with E-state index in [0.29, 0.717) is 12.6 Å². The summed E-state index contributed by atoms with van der Waals surface area (Å²) in [6, 6.07) is 0.376. The van der Waals surface area contributed by atoms with E-state index in [2.05, 4.69) is 46.6 Å². The van der Waals surface area contributed by atoms with Crippen LogP contribution in [0.15, 0.2) is 12.4 Å². The fraction of sp³-hybridized carbons (Fsp3) is 0.455. The largest absolute Gasteiger partial charge is 0.383 e. The molecule has 0 unspecified atom stereocenters. The van der Waals surface area contributed by atoms with Gasteiger partial charge in [0.15, 0.2) is 0 Å². The van der Waals surface area contributed by atoms with Gasteiger partial charge in [-0.1, -0.05) is 0 Å². The van der Waals surface area contributed by atoms with Gasteiger partial charge in [-0.05, 0) is 43.4 Å². The van der Waals surface area contributed by atoms with Gasteiger partial charge < -0.3 is 5.73 Å². The van der Waals surface area contributed by atoms with Crippen molar-refractivity contribution in [2.24, 2.45) is 0 Å². The first-order valence-corrected chi connectivity index (χ1v) is 6.58. The van der Waals surface area contributed by atoms with Crippen LogP contribution in [0.3, 0.4) is 0 Å². The summed E-state index contributed by atoms with van der Waals surface area (Å²) < 4.78 is 4.78. The number of halogens is 1. The Morgan fingerprint density at radius 3 is 2.65 bits per heavy atom. The van der Waals surface area contributed by atoms with Crippen molar-refractivity contribution in [2.45, 2.75) is 33.4 Å². The van der Waals surface area contributed by atoms with E-state index in [1.165, 1.54) is 0 Å². The lowest BCUT2D eigenvalue weighted by molar-refractivity contribution is 0.531. The van der Waals surface area contributed by atoms with E-state index in [0.717, 1.165) is 20.6 Å². The fourth-order valence-corrected chi connectivity index (χ4v) is 2.00. The van der Waals surface area contributed by atoms with E-state index in [4.69, 9.17) is 5.73 Å². The lowest BCUT2D eigenvalue weighted by atomic mass is 10.3. The van der Waals surface area contributed by atoms with Crippen molar-refractivity contribution in [3.8, 4) is 0 Å². The van der Waals surface area contributed by atoms with Gasteiger partial charge in [-0.3, -0.25) is 4.68 Å². The molecule has 0 atom stereocenters. The minimum absolute atomic E-state index is 0.376. The molecular formula is C11H16IN5. The average molecular weight is 345 g/mol. The van der Waals surface area contributed by atoms with Gasteiger partial charge in [0.1, 0.15) is 5.82 Å². The molecule has 2 N–H and O–H groups in total. The van der Waals surface area contributed by atoms with Crippen LogP contribution in [0.2, 0.25) is 0 Å². The molecule has 0 aliphatic carbocycles. The summed E-state index contributed by atoms with van der Waals surface area (Å²) in [7, 11) is 0. The van der Waals surface area contributed by atoms with E-state index < -0.39 is 0 Å². The third-order valence-electron chi connectivity index (χ3n) is 2.61. The highest BCUT2D eigenvalue weighted by molar-refractivity contribution is 14.1. The molecule has 6 heteroatoms. The summed E-state index contributed by atoms with van der Waals surface area (Å²) in [5.74, 6) is 0.723. The van der Waals surface area contributed by atoms with Crippen LogP contribution in [-0.2, 0) is 6.54 Å². The lowest BCUT2D eigenvalue weighted by Gasteiger charge is -2.04. The Kier molecular flexibility index (Phi) is 3.41. The van der Waals surface area contributed by atoms with Crippen LogP contribution >= 0.6 is 22.6 Å². The number of anilines is 1. The van der Waals surface area contributed by atoms with Crippen molar-refractivity contribution in [1.29, 1.82) is 0 Å². The number of nitrogens with two attached hydrogens (primary N) is 1. The van der Waals surface area contributed by atoms with Crippen LogP contribution in [-0.4, -0.2) is 19.6 Å². The van der Waals surface area contributed by atoms with Crippen molar-refractivity contribution >= 4 is 28.4 Å². The topological polar surface area (TPSA) is 61.7 Å². The molecule has 0 saturated carbocycles. The smallest absolute Gasteiger partial charge is 0.135 e. The zero-order valence-corrected chi connectivity index (χ0v) is 12.3. The SMILES string of the molecule is Cc1nn(Cc2cnn(C(C)C)c2)c(N)c1I. The maximum atomic E-state index is 5.98. The van der Waals surface area contributed by atoms with Crippen LogP contribution in [0.1, 0.15) is 31.1 Å². The Morgan fingerprint density at radius 1 is 1.47 bits per heavy atom. The number of nitrogens with zero attached hydrogens (tertiary/aromatic N) is 4. The lowest BCUT2D eigenvalue weighted by Crippen LogP contribution is -2.06. The van der Waals surface area contributed by atoms with Crippen molar-refractivity contribution in [3.05, 3.63) is 27.2 Å².